The average molecular weight is 157 g/mol. The van der Waals surface area contributed by atoms with Crippen LogP contribution >= 0.6 is 11.3 Å². The Bertz CT molecular complexity index is 219. The van der Waals surface area contributed by atoms with Crippen LogP contribution in [0.3, 0.4) is 0 Å². The molecule has 3 heteroatoms. The number of thiazole rings is 1. The van der Waals surface area contributed by atoms with E-state index in [0.29, 0.717) is 0 Å². The number of aryl methyl sites for hydroxylation is 2. The third-order valence-electron chi connectivity index (χ3n) is 1.38. The molecule has 2 nitrogen and oxygen atoms in total. The van der Waals surface area contributed by atoms with Gasteiger partial charge in [-0.05, 0) is 13.3 Å². The minimum Gasteiger partial charge on any atom is -0.391 e. The molecule has 1 N–H and O–H groups in total. The number of rotatable bonds is 2. The molecule has 1 rings (SSSR count). The van der Waals surface area contributed by atoms with E-state index in [1.165, 1.54) is 0 Å². The number of hydrogen-bond donors (Lipinski definition) is 1. The van der Waals surface area contributed by atoms with Gasteiger partial charge in [0.2, 0.25) is 0 Å². The normalized spacial score (nSPS) is 10.3. The van der Waals surface area contributed by atoms with Crippen molar-refractivity contribution in [3.8, 4) is 0 Å². The van der Waals surface area contributed by atoms with Crippen molar-refractivity contribution < 1.29 is 5.11 Å². The van der Waals surface area contributed by atoms with Crippen LogP contribution in [-0.4, -0.2) is 10.1 Å². The monoisotopic (exact) mass is 157 g/mol. The summed E-state index contributed by atoms with van der Waals surface area (Å²) in [6.45, 7) is 4.13. The zero-order valence-corrected chi connectivity index (χ0v) is 7.03. The van der Waals surface area contributed by atoms with E-state index >= 15 is 0 Å². The maximum atomic E-state index is 8.80. The lowest BCUT2D eigenvalue weighted by Crippen LogP contribution is -1.80. The van der Waals surface area contributed by atoms with Crippen LogP contribution in [-0.2, 0) is 13.0 Å². The van der Waals surface area contributed by atoms with E-state index in [-0.39, 0.29) is 6.61 Å². The van der Waals surface area contributed by atoms with E-state index in [4.69, 9.17) is 5.11 Å². The van der Waals surface area contributed by atoms with Gasteiger partial charge in [0.05, 0.1) is 22.2 Å². The molecule has 0 radical (unpaired) electrons. The third-order valence-corrected chi connectivity index (χ3v) is 2.67. The molecule has 1 heterocycles. The molecule has 0 unspecified atom stereocenters. The first-order chi connectivity index (χ1) is 4.77. The van der Waals surface area contributed by atoms with Crippen LogP contribution in [0.2, 0.25) is 0 Å². The van der Waals surface area contributed by atoms with Gasteiger partial charge in [0.25, 0.3) is 0 Å². The van der Waals surface area contributed by atoms with Gasteiger partial charge in [0, 0.05) is 0 Å². The van der Waals surface area contributed by atoms with E-state index in [1.54, 1.807) is 11.3 Å². The lowest BCUT2D eigenvalue weighted by Gasteiger charge is -1.85. The smallest absolute Gasteiger partial charge is 0.0929 e. The van der Waals surface area contributed by atoms with Gasteiger partial charge < -0.3 is 5.11 Å². The first kappa shape index (κ1) is 7.69. The van der Waals surface area contributed by atoms with Crippen molar-refractivity contribution in [1.82, 2.24) is 4.98 Å². The van der Waals surface area contributed by atoms with Gasteiger partial charge in [0.15, 0.2) is 0 Å². The minimum atomic E-state index is 0.128. The van der Waals surface area contributed by atoms with Gasteiger partial charge in [-0.3, -0.25) is 0 Å². The summed E-state index contributed by atoms with van der Waals surface area (Å²) in [7, 11) is 0. The zero-order chi connectivity index (χ0) is 7.56. The molecular weight excluding hydrogens is 146 g/mol. The van der Waals surface area contributed by atoms with Gasteiger partial charge in [-0.2, -0.15) is 0 Å². The van der Waals surface area contributed by atoms with Crippen LogP contribution in [0.5, 0.6) is 0 Å². The second-order valence-corrected chi connectivity index (χ2v) is 3.30. The quantitative estimate of drug-likeness (QED) is 0.705. The minimum absolute atomic E-state index is 0.128. The summed E-state index contributed by atoms with van der Waals surface area (Å²) in [5.74, 6) is 0. The molecule has 1 aromatic heterocycles. The molecular formula is C7H11NOS. The molecule has 0 amide bonds. The Morgan fingerprint density at radius 3 is 2.60 bits per heavy atom. The highest BCUT2D eigenvalue weighted by molar-refractivity contribution is 7.11. The van der Waals surface area contributed by atoms with E-state index in [2.05, 4.69) is 11.9 Å². The summed E-state index contributed by atoms with van der Waals surface area (Å²) < 4.78 is 0. The Morgan fingerprint density at radius 2 is 2.30 bits per heavy atom. The summed E-state index contributed by atoms with van der Waals surface area (Å²) >= 11 is 1.60. The fourth-order valence-electron chi connectivity index (χ4n) is 0.786. The topological polar surface area (TPSA) is 33.1 Å². The van der Waals surface area contributed by atoms with Gasteiger partial charge >= 0.3 is 0 Å². The van der Waals surface area contributed by atoms with Crippen LogP contribution in [0.25, 0.3) is 0 Å². The zero-order valence-electron chi connectivity index (χ0n) is 6.22. The van der Waals surface area contributed by atoms with Crippen LogP contribution < -0.4 is 0 Å². The van der Waals surface area contributed by atoms with E-state index in [0.717, 1.165) is 22.0 Å². The molecule has 0 aliphatic carbocycles. The van der Waals surface area contributed by atoms with Crippen molar-refractivity contribution in [2.24, 2.45) is 0 Å². The number of aromatic nitrogens is 1. The second-order valence-electron chi connectivity index (χ2n) is 2.13. The Kier molecular flexibility index (Phi) is 2.40. The van der Waals surface area contributed by atoms with Gasteiger partial charge in [-0.15, -0.1) is 11.3 Å². The molecule has 0 aliphatic rings. The maximum Gasteiger partial charge on any atom is 0.0929 e. The maximum absolute atomic E-state index is 8.80. The second kappa shape index (κ2) is 3.12. The standard InChI is InChI=1S/C7H11NOS/c1-3-7-8-5(2)6(4-9)10-7/h9H,3-4H2,1-2H3. The molecule has 1 aromatic rings. The molecule has 0 atom stereocenters. The number of aliphatic hydroxyl groups excluding tert-OH is 1. The average Bonchev–Trinajstić information content (AvgIpc) is 2.30. The van der Waals surface area contributed by atoms with Crippen molar-refractivity contribution in [3.05, 3.63) is 15.6 Å². The van der Waals surface area contributed by atoms with Crippen LogP contribution in [0.1, 0.15) is 22.5 Å². The summed E-state index contributed by atoms with van der Waals surface area (Å²) in [6, 6.07) is 0. The first-order valence-corrected chi connectivity index (χ1v) is 4.15. The summed E-state index contributed by atoms with van der Waals surface area (Å²) in [4.78, 5) is 5.26. The molecule has 0 aliphatic heterocycles. The Balaban J connectivity index is 2.92. The van der Waals surface area contributed by atoms with Crippen molar-refractivity contribution in [2.45, 2.75) is 26.9 Å². The van der Waals surface area contributed by atoms with E-state index < -0.39 is 0 Å². The fourth-order valence-corrected chi connectivity index (χ4v) is 1.66. The number of aliphatic hydroxyl groups is 1. The molecule has 0 bridgehead atoms. The summed E-state index contributed by atoms with van der Waals surface area (Å²) in [5.41, 5.74) is 0.976. The van der Waals surface area contributed by atoms with Crippen LogP contribution in [0, 0.1) is 6.92 Å². The predicted octanol–water partition coefficient (Wildman–Crippen LogP) is 1.51. The van der Waals surface area contributed by atoms with Crippen LogP contribution in [0.4, 0.5) is 0 Å². The van der Waals surface area contributed by atoms with Crippen molar-refractivity contribution >= 4 is 11.3 Å². The highest BCUT2D eigenvalue weighted by atomic mass is 32.1. The molecule has 0 aromatic carbocycles. The molecule has 0 saturated carbocycles. The predicted molar refractivity (Wildman–Crippen MR) is 42.2 cm³/mol. The lowest BCUT2D eigenvalue weighted by molar-refractivity contribution is 0.284. The van der Waals surface area contributed by atoms with Gasteiger partial charge in [-0.25, -0.2) is 4.98 Å². The lowest BCUT2D eigenvalue weighted by atomic mass is 10.4. The van der Waals surface area contributed by atoms with Crippen molar-refractivity contribution in [3.63, 3.8) is 0 Å². The van der Waals surface area contributed by atoms with E-state index in [9.17, 15) is 0 Å². The highest BCUT2D eigenvalue weighted by Gasteiger charge is 2.03. The van der Waals surface area contributed by atoms with Crippen molar-refractivity contribution in [2.75, 3.05) is 0 Å². The first-order valence-electron chi connectivity index (χ1n) is 3.34. The number of nitrogens with zero attached hydrogens (tertiary/aromatic N) is 1. The molecule has 56 valence electrons. The molecule has 0 saturated heterocycles. The SMILES string of the molecule is CCc1nc(C)c(CO)s1. The van der Waals surface area contributed by atoms with E-state index in [1.807, 2.05) is 6.92 Å². The molecule has 10 heavy (non-hydrogen) atoms. The molecule has 0 spiro atoms. The van der Waals surface area contributed by atoms with Crippen LogP contribution in [0.15, 0.2) is 0 Å². The Labute approximate surface area is 64.5 Å². The summed E-state index contributed by atoms with van der Waals surface area (Å²) in [6.07, 6.45) is 0.964. The Morgan fingerprint density at radius 1 is 1.60 bits per heavy atom. The molecule has 0 fully saturated rings. The van der Waals surface area contributed by atoms with Crippen molar-refractivity contribution in [1.29, 1.82) is 0 Å². The van der Waals surface area contributed by atoms with Gasteiger partial charge in [-0.1, -0.05) is 6.92 Å². The largest absolute Gasteiger partial charge is 0.391 e. The highest BCUT2D eigenvalue weighted by Crippen LogP contribution is 2.17. The fraction of sp³-hybridized carbons (Fsp3) is 0.571. The third kappa shape index (κ3) is 1.36. The Hall–Kier alpha value is -0.410. The summed E-state index contributed by atoms with van der Waals surface area (Å²) in [5, 5.41) is 9.91. The van der Waals surface area contributed by atoms with Gasteiger partial charge in [0.1, 0.15) is 0 Å². The number of hydrogen-bond acceptors (Lipinski definition) is 3.